The van der Waals surface area contributed by atoms with Crippen LogP contribution in [0.2, 0.25) is 0 Å². The summed E-state index contributed by atoms with van der Waals surface area (Å²) in [6.45, 7) is 0.300. The van der Waals surface area contributed by atoms with Crippen LogP contribution in [0, 0.1) is 0 Å². The SMILES string of the molecule is NCc1cc(C2(S(N)(=O)=O)CC2)ccn1. The third kappa shape index (κ3) is 1.64. The van der Waals surface area contributed by atoms with Crippen molar-refractivity contribution in [2.45, 2.75) is 24.1 Å². The van der Waals surface area contributed by atoms with Gasteiger partial charge in [-0.3, -0.25) is 4.98 Å². The van der Waals surface area contributed by atoms with E-state index in [9.17, 15) is 8.42 Å². The Morgan fingerprint density at radius 1 is 1.47 bits per heavy atom. The van der Waals surface area contributed by atoms with E-state index in [1.807, 2.05) is 0 Å². The van der Waals surface area contributed by atoms with Crippen molar-refractivity contribution >= 4 is 10.0 Å². The first-order chi connectivity index (χ1) is 6.99. The third-order valence-corrected chi connectivity index (χ3v) is 4.53. The Hall–Kier alpha value is -0.980. The predicted molar refractivity (Wildman–Crippen MR) is 56.1 cm³/mol. The minimum Gasteiger partial charge on any atom is -0.325 e. The number of primary sulfonamides is 1. The zero-order valence-electron chi connectivity index (χ0n) is 8.18. The molecule has 0 radical (unpaired) electrons. The Bertz CT molecular complexity index is 480. The number of aromatic nitrogens is 1. The summed E-state index contributed by atoms with van der Waals surface area (Å²) < 4.78 is 22.0. The summed E-state index contributed by atoms with van der Waals surface area (Å²) in [7, 11) is -3.54. The highest BCUT2D eigenvalue weighted by atomic mass is 32.2. The Kier molecular flexibility index (Phi) is 2.29. The van der Waals surface area contributed by atoms with Gasteiger partial charge >= 0.3 is 0 Å². The fraction of sp³-hybridized carbons (Fsp3) is 0.444. The summed E-state index contributed by atoms with van der Waals surface area (Å²) in [6, 6.07) is 3.41. The lowest BCUT2D eigenvalue weighted by Gasteiger charge is -2.13. The van der Waals surface area contributed by atoms with Crippen LogP contribution >= 0.6 is 0 Å². The van der Waals surface area contributed by atoms with Crippen molar-refractivity contribution in [1.29, 1.82) is 0 Å². The van der Waals surface area contributed by atoms with Gasteiger partial charge in [-0.1, -0.05) is 0 Å². The number of rotatable bonds is 3. The smallest absolute Gasteiger partial charge is 0.219 e. The van der Waals surface area contributed by atoms with Gasteiger partial charge in [-0.05, 0) is 30.5 Å². The molecular formula is C9H13N3O2S. The molecule has 1 aliphatic rings. The molecule has 82 valence electrons. The minimum absolute atomic E-state index is 0.300. The third-order valence-electron chi connectivity index (χ3n) is 2.80. The van der Waals surface area contributed by atoms with E-state index in [0.717, 1.165) is 0 Å². The molecule has 0 atom stereocenters. The van der Waals surface area contributed by atoms with Crippen LogP contribution in [0.1, 0.15) is 24.1 Å². The van der Waals surface area contributed by atoms with E-state index in [1.165, 1.54) is 0 Å². The molecule has 1 saturated carbocycles. The van der Waals surface area contributed by atoms with Gasteiger partial charge < -0.3 is 5.73 Å². The van der Waals surface area contributed by atoms with Gasteiger partial charge in [0.2, 0.25) is 10.0 Å². The lowest BCUT2D eigenvalue weighted by atomic mass is 10.1. The molecule has 1 fully saturated rings. The second-order valence-electron chi connectivity index (χ2n) is 3.78. The van der Waals surface area contributed by atoms with Crippen LogP contribution in [0.3, 0.4) is 0 Å². The maximum atomic E-state index is 11.4. The quantitative estimate of drug-likeness (QED) is 0.748. The minimum atomic E-state index is -3.54. The molecule has 1 aliphatic carbocycles. The molecule has 0 aliphatic heterocycles. The van der Waals surface area contributed by atoms with Gasteiger partial charge in [-0.25, -0.2) is 13.6 Å². The molecule has 15 heavy (non-hydrogen) atoms. The van der Waals surface area contributed by atoms with Crippen molar-refractivity contribution in [3.63, 3.8) is 0 Å². The number of hydrogen-bond donors (Lipinski definition) is 2. The summed E-state index contributed by atoms with van der Waals surface area (Å²) in [5, 5.41) is 5.22. The first kappa shape index (κ1) is 10.5. The molecular weight excluding hydrogens is 214 g/mol. The summed E-state index contributed by atoms with van der Waals surface area (Å²) >= 11 is 0. The van der Waals surface area contributed by atoms with Crippen LogP contribution in [-0.2, 0) is 21.3 Å². The highest BCUT2D eigenvalue weighted by Gasteiger charge is 2.54. The maximum Gasteiger partial charge on any atom is 0.219 e. The summed E-state index contributed by atoms with van der Waals surface area (Å²) in [5.74, 6) is 0. The topological polar surface area (TPSA) is 99.1 Å². The average Bonchev–Trinajstić information content (AvgIpc) is 2.97. The molecule has 0 amide bonds. The fourth-order valence-electron chi connectivity index (χ4n) is 1.72. The van der Waals surface area contributed by atoms with Crippen LogP contribution < -0.4 is 10.9 Å². The molecule has 0 aromatic carbocycles. The first-order valence-electron chi connectivity index (χ1n) is 4.67. The standard InChI is InChI=1S/C9H13N3O2S/c10-6-8-5-7(1-4-12-8)9(2-3-9)15(11,13)14/h1,4-5H,2-3,6,10H2,(H2,11,13,14). The van der Waals surface area contributed by atoms with Crippen LogP contribution in [0.25, 0.3) is 0 Å². The lowest BCUT2D eigenvalue weighted by molar-refractivity contribution is 0.581. The number of nitrogens with two attached hydrogens (primary N) is 2. The Labute approximate surface area is 88.5 Å². The monoisotopic (exact) mass is 227 g/mol. The average molecular weight is 227 g/mol. The molecule has 4 N–H and O–H groups in total. The molecule has 0 bridgehead atoms. The van der Waals surface area contributed by atoms with E-state index >= 15 is 0 Å². The van der Waals surface area contributed by atoms with Crippen LogP contribution in [0.5, 0.6) is 0 Å². The van der Waals surface area contributed by atoms with Crippen LogP contribution in [0.4, 0.5) is 0 Å². The molecule has 0 saturated heterocycles. The molecule has 1 heterocycles. The molecule has 1 aromatic rings. The summed E-state index contributed by atoms with van der Waals surface area (Å²) in [6.07, 6.45) is 2.74. The normalized spacial score (nSPS) is 18.8. The second kappa shape index (κ2) is 3.26. The van der Waals surface area contributed by atoms with E-state index in [4.69, 9.17) is 10.9 Å². The van der Waals surface area contributed by atoms with Crippen LogP contribution in [0.15, 0.2) is 18.3 Å². The lowest BCUT2D eigenvalue weighted by Crippen LogP contribution is -2.28. The van der Waals surface area contributed by atoms with Gasteiger partial charge in [0.15, 0.2) is 0 Å². The first-order valence-corrected chi connectivity index (χ1v) is 6.22. The Morgan fingerprint density at radius 3 is 2.60 bits per heavy atom. The largest absolute Gasteiger partial charge is 0.325 e. The molecule has 0 spiro atoms. The molecule has 1 aromatic heterocycles. The number of pyridine rings is 1. The zero-order valence-corrected chi connectivity index (χ0v) is 9.00. The van der Waals surface area contributed by atoms with Gasteiger partial charge in [0.05, 0.1) is 5.69 Å². The zero-order chi connectivity index (χ0) is 11.1. The summed E-state index contributed by atoms with van der Waals surface area (Å²) in [5.41, 5.74) is 6.84. The van der Waals surface area contributed by atoms with Crippen molar-refractivity contribution in [2.75, 3.05) is 0 Å². The van der Waals surface area contributed by atoms with Gasteiger partial charge in [0.25, 0.3) is 0 Å². The van der Waals surface area contributed by atoms with Gasteiger partial charge in [0, 0.05) is 12.7 Å². The van der Waals surface area contributed by atoms with E-state index in [1.54, 1.807) is 18.3 Å². The molecule has 6 heteroatoms. The van der Waals surface area contributed by atoms with Crippen molar-refractivity contribution in [2.24, 2.45) is 10.9 Å². The number of hydrogen-bond acceptors (Lipinski definition) is 4. The molecule has 0 unspecified atom stereocenters. The van der Waals surface area contributed by atoms with Gasteiger partial charge in [-0.2, -0.15) is 0 Å². The Balaban J connectivity index is 2.47. The highest BCUT2D eigenvalue weighted by molar-refractivity contribution is 7.90. The van der Waals surface area contributed by atoms with E-state index in [0.29, 0.717) is 30.6 Å². The van der Waals surface area contributed by atoms with Gasteiger partial charge in [0.1, 0.15) is 4.75 Å². The Morgan fingerprint density at radius 2 is 2.13 bits per heavy atom. The van der Waals surface area contributed by atoms with E-state index < -0.39 is 14.8 Å². The van der Waals surface area contributed by atoms with Crippen molar-refractivity contribution in [3.8, 4) is 0 Å². The number of nitrogens with zero attached hydrogens (tertiary/aromatic N) is 1. The van der Waals surface area contributed by atoms with E-state index in [2.05, 4.69) is 4.98 Å². The van der Waals surface area contributed by atoms with Crippen molar-refractivity contribution in [1.82, 2.24) is 4.98 Å². The maximum absolute atomic E-state index is 11.4. The van der Waals surface area contributed by atoms with Crippen LogP contribution in [-0.4, -0.2) is 13.4 Å². The second-order valence-corrected chi connectivity index (χ2v) is 5.65. The summed E-state index contributed by atoms with van der Waals surface area (Å²) in [4.78, 5) is 4.02. The highest BCUT2D eigenvalue weighted by Crippen LogP contribution is 2.51. The van der Waals surface area contributed by atoms with E-state index in [-0.39, 0.29) is 0 Å². The van der Waals surface area contributed by atoms with Crippen molar-refractivity contribution < 1.29 is 8.42 Å². The molecule has 2 rings (SSSR count). The molecule has 5 nitrogen and oxygen atoms in total. The fourth-order valence-corrected chi connectivity index (χ4v) is 2.85. The van der Waals surface area contributed by atoms with Crippen molar-refractivity contribution in [3.05, 3.63) is 29.6 Å². The predicted octanol–water partition coefficient (Wildman–Crippen LogP) is -0.182. The van der Waals surface area contributed by atoms with Gasteiger partial charge in [-0.15, -0.1) is 0 Å². The number of sulfonamides is 1.